The largest absolute Gasteiger partial charge is 0.494 e. The Morgan fingerprint density at radius 2 is 1.56 bits per heavy atom. The first kappa shape index (κ1) is 18.6. The quantitative estimate of drug-likeness (QED) is 0.425. The molecule has 0 saturated heterocycles. The van der Waals surface area contributed by atoms with E-state index in [0.29, 0.717) is 5.01 Å². The van der Waals surface area contributed by atoms with Crippen LogP contribution in [0.4, 0.5) is 0 Å². The number of methoxy groups -OCH3 is 4. The molecule has 0 aliphatic heterocycles. The molecule has 0 radical (unpaired) electrons. The van der Waals surface area contributed by atoms with Gasteiger partial charge in [0, 0.05) is 0 Å². The molecule has 2 rings (SSSR count). The van der Waals surface area contributed by atoms with Crippen LogP contribution in [0.3, 0.4) is 0 Å². The van der Waals surface area contributed by atoms with Crippen molar-refractivity contribution in [3.8, 4) is 0 Å². The van der Waals surface area contributed by atoms with Crippen LogP contribution in [0.15, 0.2) is 5.57 Å². The minimum absolute atomic E-state index is 0.0159. The number of thiazole rings is 1. The molecule has 0 bridgehead atoms. The fourth-order valence-corrected chi connectivity index (χ4v) is 3.55. The van der Waals surface area contributed by atoms with Crippen molar-refractivity contribution in [2.24, 2.45) is 5.41 Å². The number of nitrogens with zero attached hydrogens (tertiary/aromatic N) is 1. The summed E-state index contributed by atoms with van der Waals surface area (Å²) < 4.78 is 19.2. The molecule has 0 atom stereocenters. The predicted molar refractivity (Wildman–Crippen MR) is 83.6 cm³/mol. The van der Waals surface area contributed by atoms with E-state index in [1.807, 2.05) is 0 Å². The molecule has 0 N–H and O–H groups in total. The van der Waals surface area contributed by atoms with Gasteiger partial charge in [-0.05, 0) is 6.92 Å². The third kappa shape index (κ3) is 2.40. The fraction of sp³-hybridized carbons (Fsp3) is 0.400. The average Bonchev–Trinajstić information content (AvgIpc) is 3.01. The minimum Gasteiger partial charge on any atom is -0.494 e. The maximum absolute atomic E-state index is 13.1. The maximum atomic E-state index is 13.1. The highest BCUT2D eigenvalue weighted by atomic mass is 32.1. The van der Waals surface area contributed by atoms with Crippen LogP contribution < -0.4 is 0 Å². The zero-order valence-corrected chi connectivity index (χ0v) is 14.9. The van der Waals surface area contributed by atoms with Crippen LogP contribution in [-0.4, -0.2) is 57.1 Å². The van der Waals surface area contributed by atoms with E-state index in [-0.39, 0.29) is 16.3 Å². The highest BCUT2D eigenvalue weighted by molar-refractivity contribution is 7.14. The minimum atomic E-state index is -2.69. The standard InChI is InChI=1S/C15H15NO8S/c1-6-16-8-9(21-2)7(12(18)22-3)15(13(19)23-4,14(20)24-5)11(17)10(8)25-6/h1-5H3. The second-order valence-corrected chi connectivity index (χ2v) is 6.08. The number of carbonyl (C=O) groups excluding carboxylic acids is 4. The molecule has 1 aromatic heterocycles. The summed E-state index contributed by atoms with van der Waals surface area (Å²) in [6, 6.07) is 0. The van der Waals surface area contributed by atoms with Crippen LogP contribution >= 0.6 is 11.3 Å². The Morgan fingerprint density at radius 1 is 1.00 bits per heavy atom. The Balaban J connectivity index is 3.02. The molecule has 0 fully saturated rings. The van der Waals surface area contributed by atoms with Crippen molar-refractivity contribution in [2.75, 3.05) is 28.4 Å². The van der Waals surface area contributed by atoms with Gasteiger partial charge in [0.2, 0.25) is 5.78 Å². The van der Waals surface area contributed by atoms with Crippen LogP contribution in [0.5, 0.6) is 0 Å². The van der Waals surface area contributed by atoms with Gasteiger partial charge in [0.15, 0.2) is 5.76 Å². The number of hydrogen-bond acceptors (Lipinski definition) is 10. The summed E-state index contributed by atoms with van der Waals surface area (Å²) in [4.78, 5) is 54.8. The highest BCUT2D eigenvalue weighted by Gasteiger charge is 2.65. The Hall–Kier alpha value is -2.75. The molecule has 1 aliphatic carbocycles. The Labute approximate surface area is 146 Å². The summed E-state index contributed by atoms with van der Waals surface area (Å²) in [5.41, 5.74) is -3.26. The van der Waals surface area contributed by atoms with Crippen molar-refractivity contribution >= 4 is 40.8 Å². The number of aryl methyl sites for hydroxylation is 1. The van der Waals surface area contributed by atoms with Crippen molar-refractivity contribution in [3.63, 3.8) is 0 Å². The molecule has 0 unspecified atom stereocenters. The molecule has 0 amide bonds. The third-order valence-corrected chi connectivity index (χ3v) is 4.64. The summed E-state index contributed by atoms with van der Waals surface area (Å²) >= 11 is 0.954. The maximum Gasteiger partial charge on any atom is 0.339 e. The van der Waals surface area contributed by atoms with E-state index < -0.39 is 34.7 Å². The monoisotopic (exact) mass is 369 g/mol. The number of carbonyl (C=O) groups is 4. The normalized spacial score (nSPS) is 15.3. The zero-order valence-electron chi connectivity index (χ0n) is 14.1. The number of rotatable bonds is 4. The number of hydrogen-bond donors (Lipinski definition) is 0. The third-order valence-electron chi connectivity index (χ3n) is 3.67. The van der Waals surface area contributed by atoms with Crippen LogP contribution in [0, 0.1) is 12.3 Å². The lowest BCUT2D eigenvalue weighted by molar-refractivity contribution is -0.164. The molecule has 1 aliphatic rings. The van der Waals surface area contributed by atoms with Crippen LogP contribution in [0.1, 0.15) is 20.4 Å². The first-order valence-electron chi connectivity index (χ1n) is 6.87. The Morgan fingerprint density at radius 3 is 2.00 bits per heavy atom. The van der Waals surface area contributed by atoms with Gasteiger partial charge in [-0.1, -0.05) is 0 Å². The molecule has 0 spiro atoms. The number of esters is 3. The lowest BCUT2D eigenvalue weighted by Gasteiger charge is -2.31. The lowest BCUT2D eigenvalue weighted by Crippen LogP contribution is -2.53. The summed E-state index contributed by atoms with van der Waals surface area (Å²) in [5, 5.41) is 0.475. The second-order valence-electron chi connectivity index (χ2n) is 4.87. The van der Waals surface area contributed by atoms with Gasteiger partial charge in [-0.2, -0.15) is 0 Å². The molecular weight excluding hydrogens is 354 g/mol. The first-order valence-corrected chi connectivity index (χ1v) is 7.69. The second kappa shape index (κ2) is 6.63. The molecule has 1 heterocycles. The lowest BCUT2D eigenvalue weighted by atomic mass is 9.71. The SMILES string of the molecule is COC(=O)C1=C(OC)c2nc(C)sc2C(=O)C1(C(=O)OC)C(=O)OC. The van der Waals surface area contributed by atoms with Crippen LogP contribution in [-0.2, 0) is 33.3 Å². The number of Topliss-reactive ketones (excluding diaryl/α,β-unsaturated/α-hetero) is 1. The van der Waals surface area contributed by atoms with E-state index in [1.54, 1.807) is 6.92 Å². The summed E-state index contributed by atoms with van der Waals surface area (Å²) in [6.07, 6.45) is 0. The van der Waals surface area contributed by atoms with E-state index in [4.69, 9.17) is 4.74 Å². The summed E-state index contributed by atoms with van der Waals surface area (Å²) in [7, 11) is 4.21. The topological polar surface area (TPSA) is 118 Å². The van der Waals surface area contributed by atoms with Gasteiger partial charge in [0.05, 0.1) is 33.4 Å². The van der Waals surface area contributed by atoms with E-state index >= 15 is 0 Å². The van der Waals surface area contributed by atoms with Crippen molar-refractivity contribution in [2.45, 2.75) is 6.92 Å². The van der Waals surface area contributed by atoms with Crippen molar-refractivity contribution in [1.29, 1.82) is 0 Å². The number of fused-ring (bicyclic) bond motifs is 1. The van der Waals surface area contributed by atoms with Gasteiger partial charge in [0.1, 0.15) is 16.1 Å². The van der Waals surface area contributed by atoms with Crippen LogP contribution in [0.25, 0.3) is 5.76 Å². The number of ketones is 1. The molecule has 25 heavy (non-hydrogen) atoms. The Bertz CT molecular complexity index is 790. The zero-order chi connectivity index (χ0) is 18.9. The smallest absolute Gasteiger partial charge is 0.339 e. The van der Waals surface area contributed by atoms with Crippen molar-refractivity contribution < 1.29 is 38.1 Å². The van der Waals surface area contributed by atoms with E-state index in [9.17, 15) is 19.2 Å². The summed E-state index contributed by atoms with van der Waals surface area (Å²) in [6.45, 7) is 1.62. The first-order chi connectivity index (χ1) is 11.8. The molecule has 9 nitrogen and oxygen atoms in total. The van der Waals surface area contributed by atoms with E-state index in [1.165, 1.54) is 7.11 Å². The highest BCUT2D eigenvalue weighted by Crippen LogP contribution is 2.47. The summed E-state index contributed by atoms with van der Waals surface area (Å²) in [5.74, 6) is -4.88. The van der Waals surface area contributed by atoms with Gasteiger partial charge in [0.25, 0.3) is 5.41 Å². The van der Waals surface area contributed by atoms with E-state index in [2.05, 4.69) is 19.2 Å². The fourth-order valence-electron chi connectivity index (χ4n) is 2.63. The van der Waals surface area contributed by atoms with Gasteiger partial charge in [-0.25, -0.2) is 19.4 Å². The van der Waals surface area contributed by atoms with Crippen molar-refractivity contribution in [1.82, 2.24) is 4.98 Å². The van der Waals surface area contributed by atoms with E-state index in [0.717, 1.165) is 32.7 Å². The van der Waals surface area contributed by atoms with Gasteiger partial charge in [-0.3, -0.25) is 4.79 Å². The van der Waals surface area contributed by atoms with Gasteiger partial charge >= 0.3 is 17.9 Å². The number of ether oxygens (including phenoxy) is 4. The molecule has 0 aromatic carbocycles. The average molecular weight is 369 g/mol. The molecule has 0 saturated carbocycles. The molecule has 10 heteroatoms. The molecule has 134 valence electrons. The van der Waals surface area contributed by atoms with Crippen LogP contribution in [0.2, 0.25) is 0 Å². The van der Waals surface area contributed by atoms with Gasteiger partial charge < -0.3 is 18.9 Å². The van der Waals surface area contributed by atoms with Crippen molar-refractivity contribution in [3.05, 3.63) is 21.2 Å². The number of aromatic nitrogens is 1. The molecule has 1 aromatic rings. The van der Waals surface area contributed by atoms with Gasteiger partial charge in [-0.15, -0.1) is 11.3 Å². The predicted octanol–water partition coefficient (Wildman–Crippen LogP) is 0.511. The Kier molecular flexibility index (Phi) is 4.93. The molecular formula is C15H15NO8S.